The minimum absolute atomic E-state index is 0.661. The van der Waals surface area contributed by atoms with Crippen LogP contribution < -0.4 is 11.1 Å². The summed E-state index contributed by atoms with van der Waals surface area (Å²) < 4.78 is 0. The third kappa shape index (κ3) is 2.13. The third-order valence-electron chi connectivity index (χ3n) is 3.84. The topological polar surface area (TPSA) is 50.9 Å². The van der Waals surface area contributed by atoms with Gasteiger partial charge in [-0.25, -0.2) is 0 Å². The van der Waals surface area contributed by atoms with Gasteiger partial charge < -0.3 is 11.1 Å². The normalized spacial score (nSPS) is 11.8. The standard InChI is InChI=1S/C18H15N3/c19-14-9-16(11-20-10-14)21-15-5-6-18-13(8-15)7-12-3-1-2-4-17(12)18/h1-6,8-11,21H,7,19H2. The molecule has 0 bridgehead atoms. The molecule has 0 spiro atoms. The molecule has 3 N–H and O–H groups in total. The average molecular weight is 273 g/mol. The van der Waals surface area contributed by atoms with Crippen LogP contribution in [0, 0.1) is 0 Å². The van der Waals surface area contributed by atoms with Crippen molar-refractivity contribution < 1.29 is 0 Å². The Morgan fingerprint density at radius 2 is 1.71 bits per heavy atom. The Kier molecular flexibility index (Phi) is 2.64. The molecular weight excluding hydrogens is 258 g/mol. The van der Waals surface area contributed by atoms with E-state index >= 15 is 0 Å². The molecule has 0 radical (unpaired) electrons. The summed E-state index contributed by atoms with van der Waals surface area (Å²) in [5.74, 6) is 0. The highest BCUT2D eigenvalue weighted by molar-refractivity contribution is 5.79. The highest BCUT2D eigenvalue weighted by Gasteiger charge is 2.17. The van der Waals surface area contributed by atoms with Gasteiger partial charge in [-0.2, -0.15) is 0 Å². The van der Waals surface area contributed by atoms with Gasteiger partial charge >= 0.3 is 0 Å². The van der Waals surface area contributed by atoms with Crippen LogP contribution >= 0.6 is 0 Å². The molecule has 3 aromatic rings. The van der Waals surface area contributed by atoms with Gasteiger partial charge in [0.25, 0.3) is 0 Å². The van der Waals surface area contributed by atoms with Crippen LogP contribution in [0.3, 0.4) is 0 Å². The second-order valence-electron chi connectivity index (χ2n) is 5.34. The molecule has 3 nitrogen and oxygen atoms in total. The lowest BCUT2D eigenvalue weighted by Gasteiger charge is -2.09. The van der Waals surface area contributed by atoms with Crippen LogP contribution in [0.4, 0.5) is 17.1 Å². The highest BCUT2D eigenvalue weighted by Crippen LogP contribution is 2.37. The number of benzene rings is 2. The number of anilines is 3. The number of nitrogen functional groups attached to an aromatic ring is 1. The van der Waals surface area contributed by atoms with Gasteiger partial charge in [-0.15, -0.1) is 0 Å². The van der Waals surface area contributed by atoms with Crippen molar-refractivity contribution in [1.29, 1.82) is 0 Å². The summed E-state index contributed by atoms with van der Waals surface area (Å²) in [4.78, 5) is 4.10. The molecular formula is C18H15N3. The zero-order valence-corrected chi connectivity index (χ0v) is 11.5. The molecule has 0 saturated carbocycles. The van der Waals surface area contributed by atoms with Crippen molar-refractivity contribution in [2.24, 2.45) is 0 Å². The smallest absolute Gasteiger partial charge is 0.0591 e. The minimum Gasteiger partial charge on any atom is -0.397 e. The number of nitrogens with two attached hydrogens (primary N) is 1. The lowest BCUT2D eigenvalue weighted by Crippen LogP contribution is -1.94. The molecule has 4 rings (SSSR count). The minimum atomic E-state index is 0.661. The van der Waals surface area contributed by atoms with Gasteiger partial charge in [0.1, 0.15) is 0 Å². The maximum atomic E-state index is 5.76. The molecule has 0 amide bonds. The van der Waals surface area contributed by atoms with Gasteiger partial charge in [0.05, 0.1) is 17.6 Å². The lowest BCUT2D eigenvalue weighted by molar-refractivity contribution is 1.26. The number of aromatic nitrogens is 1. The second-order valence-corrected chi connectivity index (χ2v) is 5.34. The lowest BCUT2D eigenvalue weighted by atomic mass is 10.1. The Balaban J connectivity index is 1.67. The third-order valence-corrected chi connectivity index (χ3v) is 3.84. The monoisotopic (exact) mass is 273 g/mol. The Bertz CT molecular complexity index is 824. The van der Waals surface area contributed by atoms with Gasteiger partial charge in [0.15, 0.2) is 0 Å². The Morgan fingerprint density at radius 3 is 2.62 bits per heavy atom. The van der Waals surface area contributed by atoms with Crippen LogP contribution in [0.25, 0.3) is 11.1 Å². The van der Waals surface area contributed by atoms with Gasteiger partial charge in [0, 0.05) is 11.9 Å². The first kappa shape index (κ1) is 12.0. The number of rotatable bonds is 2. The van der Waals surface area contributed by atoms with E-state index in [1.807, 2.05) is 6.07 Å². The van der Waals surface area contributed by atoms with Gasteiger partial charge in [0.2, 0.25) is 0 Å². The van der Waals surface area contributed by atoms with E-state index in [0.717, 1.165) is 17.8 Å². The molecule has 0 unspecified atom stereocenters. The van der Waals surface area contributed by atoms with E-state index in [1.54, 1.807) is 12.4 Å². The Labute approximate surface area is 123 Å². The van der Waals surface area contributed by atoms with E-state index < -0.39 is 0 Å². The van der Waals surface area contributed by atoms with E-state index in [-0.39, 0.29) is 0 Å². The summed E-state index contributed by atoms with van der Waals surface area (Å²) in [6, 6.07) is 17.0. The van der Waals surface area contributed by atoms with Crippen LogP contribution in [0.15, 0.2) is 60.9 Å². The maximum Gasteiger partial charge on any atom is 0.0591 e. The van der Waals surface area contributed by atoms with Gasteiger partial charge in [-0.1, -0.05) is 30.3 Å². The molecule has 0 aliphatic heterocycles. The van der Waals surface area contributed by atoms with E-state index in [4.69, 9.17) is 5.73 Å². The fourth-order valence-electron chi connectivity index (χ4n) is 2.92. The van der Waals surface area contributed by atoms with Crippen molar-refractivity contribution in [1.82, 2.24) is 4.98 Å². The van der Waals surface area contributed by atoms with E-state index in [9.17, 15) is 0 Å². The number of hydrogen-bond donors (Lipinski definition) is 2. The summed E-state index contributed by atoms with van der Waals surface area (Å²) in [7, 11) is 0. The molecule has 21 heavy (non-hydrogen) atoms. The molecule has 1 aliphatic rings. The van der Waals surface area contributed by atoms with Gasteiger partial charge in [-0.3, -0.25) is 4.98 Å². The molecule has 0 atom stereocenters. The van der Waals surface area contributed by atoms with Crippen molar-refractivity contribution in [3.63, 3.8) is 0 Å². The first-order valence-corrected chi connectivity index (χ1v) is 6.98. The molecule has 1 aromatic heterocycles. The fourth-order valence-corrected chi connectivity index (χ4v) is 2.92. The number of nitrogens with zero attached hydrogens (tertiary/aromatic N) is 1. The molecule has 0 fully saturated rings. The Hall–Kier alpha value is -2.81. The number of nitrogens with one attached hydrogen (secondary N) is 1. The summed E-state index contributed by atoms with van der Waals surface area (Å²) in [5.41, 5.74) is 13.8. The maximum absolute atomic E-state index is 5.76. The summed E-state index contributed by atoms with van der Waals surface area (Å²) >= 11 is 0. The van der Waals surface area contributed by atoms with Crippen molar-refractivity contribution in [2.75, 3.05) is 11.1 Å². The first-order chi connectivity index (χ1) is 10.3. The van der Waals surface area contributed by atoms with Crippen LogP contribution in [0.5, 0.6) is 0 Å². The molecule has 3 heteroatoms. The number of fused-ring (bicyclic) bond motifs is 3. The van der Waals surface area contributed by atoms with Crippen LogP contribution in [-0.4, -0.2) is 4.98 Å². The molecule has 1 aliphatic carbocycles. The quantitative estimate of drug-likeness (QED) is 0.581. The predicted molar refractivity (Wildman–Crippen MR) is 86.6 cm³/mol. The molecule has 2 aromatic carbocycles. The number of hydrogen-bond acceptors (Lipinski definition) is 3. The van der Waals surface area contributed by atoms with Crippen molar-refractivity contribution >= 4 is 17.1 Å². The van der Waals surface area contributed by atoms with Gasteiger partial charge in [-0.05, 0) is 46.9 Å². The zero-order chi connectivity index (χ0) is 14.2. The largest absolute Gasteiger partial charge is 0.397 e. The van der Waals surface area contributed by atoms with E-state index in [1.165, 1.54) is 22.3 Å². The van der Waals surface area contributed by atoms with Crippen LogP contribution in [0.2, 0.25) is 0 Å². The number of pyridine rings is 1. The van der Waals surface area contributed by atoms with Crippen molar-refractivity contribution in [2.45, 2.75) is 6.42 Å². The zero-order valence-electron chi connectivity index (χ0n) is 11.5. The SMILES string of the molecule is Nc1cncc(Nc2ccc3c(c2)Cc2ccccc2-3)c1. The van der Waals surface area contributed by atoms with Crippen molar-refractivity contribution in [3.8, 4) is 11.1 Å². The van der Waals surface area contributed by atoms with E-state index in [0.29, 0.717) is 5.69 Å². The van der Waals surface area contributed by atoms with Crippen LogP contribution in [0.1, 0.15) is 11.1 Å². The summed E-state index contributed by atoms with van der Waals surface area (Å²) in [6.45, 7) is 0. The van der Waals surface area contributed by atoms with Crippen molar-refractivity contribution in [3.05, 3.63) is 72.1 Å². The molecule has 1 heterocycles. The Morgan fingerprint density at radius 1 is 0.857 bits per heavy atom. The second kappa shape index (κ2) is 4.63. The summed E-state index contributed by atoms with van der Waals surface area (Å²) in [6.07, 6.45) is 4.42. The molecule has 0 saturated heterocycles. The summed E-state index contributed by atoms with van der Waals surface area (Å²) in [5, 5.41) is 3.36. The van der Waals surface area contributed by atoms with Crippen LogP contribution in [-0.2, 0) is 6.42 Å². The average Bonchev–Trinajstić information content (AvgIpc) is 2.85. The highest BCUT2D eigenvalue weighted by atomic mass is 14.9. The first-order valence-electron chi connectivity index (χ1n) is 6.98. The molecule has 102 valence electrons. The van der Waals surface area contributed by atoms with E-state index in [2.05, 4.69) is 52.8 Å². The fraction of sp³-hybridized carbons (Fsp3) is 0.0556. The predicted octanol–water partition coefficient (Wildman–Crippen LogP) is 3.98.